The van der Waals surface area contributed by atoms with Crippen LogP contribution < -0.4 is 5.73 Å². The van der Waals surface area contributed by atoms with E-state index in [9.17, 15) is 13.2 Å². The lowest BCUT2D eigenvalue weighted by atomic mass is 10.1. The van der Waals surface area contributed by atoms with Crippen LogP contribution in [0.3, 0.4) is 0 Å². The van der Waals surface area contributed by atoms with Gasteiger partial charge in [-0.25, -0.2) is 12.7 Å². The molecule has 9 heteroatoms. The summed E-state index contributed by atoms with van der Waals surface area (Å²) in [5, 5.41) is 2.97. The molecule has 2 N–H and O–H groups in total. The zero-order valence-electron chi connectivity index (χ0n) is 12.1. The molecule has 2 heterocycles. The van der Waals surface area contributed by atoms with E-state index in [0.717, 1.165) is 0 Å². The Bertz CT molecular complexity index is 605. The molecular weight excluding hydrogens is 296 g/mol. The topological polar surface area (TPSA) is 108 Å². The summed E-state index contributed by atoms with van der Waals surface area (Å²) in [6.07, 6.45) is 3.06. The maximum absolute atomic E-state index is 12.3. The zero-order valence-corrected chi connectivity index (χ0v) is 12.9. The van der Waals surface area contributed by atoms with Gasteiger partial charge in [-0.15, -0.1) is 0 Å². The third-order valence-electron chi connectivity index (χ3n) is 3.77. The first-order chi connectivity index (χ1) is 9.86. The Morgan fingerprint density at radius 3 is 2.57 bits per heavy atom. The number of rotatable bonds is 4. The summed E-state index contributed by atoms with van der Waals surface area (Å²) in [5.74, 6) is -0.290. The van der Waals surface area contributed by atoms with E-state index >= 15 is 0 Å². The number of hydrogen-bond acceptors (Lipinski definition) is 6. The van der Waals surface area contributed by atoms with E-state index in [1.807, 2.05) is 0 Å². The van der Waals surface area contributed by atoms with Crippen molar-refractivity contribution in [3.63, 3.8) is 0 Å². The number of piperidine rings is 1. The Morgan fingerprint density at radius 1 is 1.48 bits per heavy atom. The van der Waals surface area contributed by atoms with Gasteiger partial charge in [-0.3, -0.25) is 9.48 Å². The Hall–Kier alpha value is -1.61. The lowest BCUT2D eigenvalue weighted by molar-refractivity contribution is -0.139. The molecule has 1 saturated heterocycles. The van der Waals surface area contributed by atoms with Crippen molar-refractivity contribution in [1.29, 1.82) is 0 Å². The summed E-state index contributed by atoms with van der Waals surface area (Å²) >= 11 is 0. The number of carbonyl (C=O) groups excluding carboxylic acids is 1. The molecule has 1 atom stereocenters. The van der Waals surface area contributed by atoms with Crippen LogP contribution in [0.2, 0.25) is 0 Å². The standard InChI is InChI=1S/C12H20N4O4S/c1-9(12(17)20-2)21(18,19)15-6-3-10(4-7-15)16-8-5-11(13)14-16/h5,8-10H,3-4,6-7H2,1-2H3,(H2,13,14). The van der Waals surface area contributed by atoms with Crippen LogP contribution in [0.5, 0.6) is 0 Å². The van der Waals surface area contributed by atoms with Gasteiger partial charge in [0.15, 0.2) is 5.25 Å². The Balaban J connectivity index is 2.02. The summed E-state index contributed by atoms with van der Waals surface area (Å²) in [5.41, 5.74) is 5.58. The third kappa shape index (κ3) is 3.18. The average Bonchev–Trinajstić information content (AvgIpc) is 2.92. The summed E-state index contributed by atoms with van der Waals surface area (Å²) < 4.78 is 32.3. The van der Waals surface area contributed by atoms with E-state index in [-0.39, 0.29) is 6.04 Å². The van der Waals surface area contributed by atoms with E-state index in [0.29, 0.717) is 31.7 Å². The van der Waals surface area contributed by atoms with Gasteiger partial charge in [0, 0.05) is 19.3 Å². The predicted octanol–water partition coefficient (Wildman–Crippen LogP) is -0.00650. The Morgan fingerprint density at radius 2 is 2.10 bits per heavy atom. The quantitative estimate of drug-likeness (QED) is 0.783. The molecule has 0 spiro atoms. The molecule has 0 bridgehead atoms. The first-order valence-corrected chi connectivity index (χ1v) is 8.24. The normalized spacial score (nSPS) is 19.3. The van der Waals surface area contributed by atoms with Crippen LogP contribution in [0, 0.1) is 0 Å². The largest absolute Gasteiger partial charge is 0.468 e. The lowest BCUT2D eigenvalue weighted by Gasteiger charge is -2.32. The van der Waals surface area contributed by atoms with Gasteiger partial charge in [0.25, 0.3) is 0 Å². The highest BCUT2D eigenvalue weighted by Gasteiger charge is 2.37. The van der Waals surface area contributed by atoms with Gasteiger partial charge >= 0.3 is 5.97 Å². The summed E-state index contributed by atoms with van der Waals surface area (Å²) in [4.78, 5) is 11.4. The smallest absolute Gasteiger partial charge is 0.325 e. The maximum Gasteiger partial charge on any atom is 0.325 e. The Kier molecular flexibility index (Phi) is 4.52. The van der Waals surface area contributed by atoms with Crippen molar-refractivity contribution in [2.45, 2.75) is 31.1 Å². The number of carbonyl (C=O) groups is 1. The number of nitrogens with zero attached hydrogens (tertiary/aromatic N) is 3. The van der Waals surface area contributed by atoms with Crippen molar-refractivity contribution in [2.75, 3.05) is 25.9 Å². The summed E-state index contributed by atoms with van der Waals surface area (Å²) in [6.45, 7) is 2.06. The molecule has 1 aliphatic rings. The number of hydrogen-bond donors (Lipinski definition) is 1. The Labute approximate surface area is 123 Å². The second-order valence-electron chi connectivity index (χ2n) is 5.06. The number of aromatic nitrogens is 2. The fourth-order valence-electron chi connectivity index (χ4n) is 2.43. The summed E-state index contributed by atoms with van der Waals surface area (Å²) in [6, 6.07) is 1.84. The molecule has 0 aromatic carbocycles. The van der Waals surface area contributed by atoms with Gasteiger partial charge < -0.3 is 10.5 Å². The summed E-state index contributed by atoms with van der Waals surface area (Å²) in [7, 11) is -2.49. The van der Waals surface area contributed by atoms with Crippen molar-refractivity contribution in [1.82, 2.24) is 14.1 Å². The van der Waals surface area contributed by atoms with Gasteiger partial charge in [0.1, 0.15) is 5.82 Å². The molecule has 1 aromatic rings. The minimum atomic E-state index is -3.67. The second-order valence-corrected chi connectivity index (χ2v) is 7.31. The van der Waals surface area contributed by atoms with Gasteiger partial charge in [-0.05, 0) is 25.8 Å². The van der Waals surface area contributed by atoms with Crippen LogP contribution in [-0.2, 0) is 19.6 Å². The van der Waals surface area contributed by atoms with Gasteiger partial charge in [-0.2, -0.15) is 5.10 Å². The van der Waals surface area contributed by atoms with Crippen LogP contribution in [0.15, 0.2) is 12.3 Å². The van der Waals surface area contributed by atoms with Gasteiger partial charge in [0.05, 0.1) is 13.2 Å². The van der Waals surface area contributed by atoms with Crippen LogP contribution in [0.25, 0.3) is 0 Å². The monoisotopic (exact) mass is 316 g/mol. The highest BCUT2D eigenvalue weighted by atomic mass is 32.2. The van der Waals surface area contributed by atoms with E-state index < -0.39 is 21.2 Å². The van der Waals surface area contributed by atoms with Gasteiger partial charge in [-0.1, -0.05) is 0 Å². The van der Waals surface area contributed by atoms with Crippen molar-refractivity contribution < 1.29 is 17.9 Å². The van der Waals surface area contributed by atoms with Crippen LogP contribution in [0.4, 0.5) is 5.82 Å². The molecule has 8 nitrogen and oxygen atoms in total. The molecule has 0 radical (unpaired) electrons. The number of anilines is 1. The first kappa shape index (κ1) is 15.8. The minimum Gasteiger partial charge on any atom is -0.468 e. The van der Waals surface area contributed by atoms with Crippen molar-refractivity contribution in [3.8, 4) is 0 Å². The number of nitrogens with two attached hydrogens (primary N) is 1. The van der Waals surface area contributed by atoms with Crippen LogP contribution >= 0.6 is 0 Å². The molecule has 2 rings (SSSR count). The fourth-order valence-corrected chi connectivity index (χ4v) is 3.93. The molecule has 0 aliphatic carbocycles. The van der Waals surface area contributed by atoms with E-state index in [4.69, 9.17) is 5.73 Å². The van der Waals surface area contributed by atoms with E-state index in [1.165, 1.54) is 18.3 Å². The number of esters is 1. The molecule has 1 unspecified atom stereocenters. The molecule has 21 heavy (non-hydrogen) atoms. The maximum atomic E-state index is 12.3. The zero-order chi connectivity index (χ0) is 15.6. The number of sulfonamides is 1. The third-order valence-corrected chi connectivity index (χ3v) is 5.94. The molecule has 1 aromatic heterocycles. The van der Waals surface area contributed by atoms with E-state index in [1.54, 1.807) is 16.9 Å². The SMILES string of the molecule is COC(=O)C(C)S(=O)(=O)N1CCC(n2ccc(N)n2)CC1. The minimum absolute atomic E-state index is 0.127. The fraction of sp³-hybridized carbons (Fsp3) is 0.667. The molecule has 1 fully saturated rings. The molecule has 0 amide bonds. The first-order valence-electron chi connectivity index (χ1n) is 6.73. The number of nitrogen functional groups attached to an aromatic ring is 1. The second kappa shape index (κ2) is 6.02. The van der Waals surface area contributed by atoms with Gasteiger partial charge in [0.2, 0.25) is 10.0 Å². The average molecular weight is 316 g/mol. The molecule has 0 saturated carbocycles. The predicted molar refractivity (Wildman–Crippen MR) is 76.9 cm³/mol. The van der Waals surface area contributed by atoms with E-state index in [2.05, 4.69) is 9.84 Å². The molecule has 1 aliphatic heterocycles. The number of methoxy groups -OCH3 is 1. The van der Waals surface area contributed by atoms with Crippen LogP contribution in [0.1, 0.15) is 25.8 Å². The highest BCUT2D eigenvalue weighted by Crippen LogP contribution is 2.25. The highest BCUT2D eigenvalue weighted by molar-refractivity contribution is 7.90. The van der Waals surface area contributed by atoms with Crippen molar-refractivity contribution >= 4 is 21.8 Å². The lowest BCUT2D eigenvalue weighted by Crippen LogP contribution is -2.45. The van der Waals surface area contributed by atoms with Crippen molar-refractivity contribution in [2.24, 2.45) is 0 Å². The molecular formula is C12H20N4O4S. The van der Waals surface area contributed by atoms with Crippen LogP contribution in [-0.4, -0.2) is 53.9 Å². The number of ether oxygens (including phenoxy) is 1. The van der Waals surface area contributed by atoms with Crippen molar-refractivity contribution in [3.05, 3.63) is 12.3 Å². The molecule has 118 valence electrons.